The van der Waals surface area contributed by atoms with Crippen LogP contribution >= 0.6 is 11.8 Å². The number of carbonyl (C=O) groups excluding carboxylic acids is 1. The first-order valence-electron chi connectivity index (χ1n) is 9.41. The van der Waals surface area contributed by atoms with Crippen molar-refractivity contribution in [1.82, 2.24) is 10.6 Å². The van der Waals surface area contributed by atoms with Crippen molar-refractivity contribution < 1.29 is 9.53 Å². The van der Waals surface area contributed by atoms with Gasteiger partial charge in [0.2, 0.25) is 0 Å². The van der Waals surface area contributed by atoms with E-state index >= 15 is 0 Å². The van der Waals surface area contributed by atoms with Crippen LogP contribution in [-0.2, 0) is 9.53 Å². The highest BCUT2D eigenvalue weighted by Crippen LogP contribution is 2.37. The van der Waals surface area contributed by atoms with Gasteiger partial charge in [0, 0.05) is 24.3 Å². The molecule has 0 spiro atoms. The number of esters is 1. The number of hydrogen-bond donors (Lipinski definition) is 2. The van der Waals surface area contributed by atoms with E-state index in [1.807, 2.05) is 18.7 Å². The van der Waals surface area contributed by atoms with Crippen LogP contribution < -0.4 is 10.6 Å². The second kappa shape index (κ2) is 12.5. The first-order chi connectivity index (χ1) is 11.6. The SMILES string of the molecule is CCNC(=NCC1(C)CCCS1)NCCCCCCC(=O)OCC. The van der Waals surface area contributed by atoms with E-state index < -0.39 is 0 Å². The third kappa shape index (κ3) is 9.40. The summed E-state index contributed by atoms with van der Waals surface area (Å²) in [4.78, 5) is 16.0. The van der Waals surface area contributed by atoms with E-state index in [1.165, 1.54) is 18.6 Å². The molecule has 1 atom stereocenters. The number of ether oxygens (including phenoxy) is 1. The Morgan fingerprint density at radius 3 is 2.67 bits per heavy atom. The largest absolute Gasteiger partial charge is 0.466 e. The van der Waals surface area contributed by atoms with Gasteiger partial charge in [-0.25, -0.2) is 0 Å². The second-order valence-corrected chi connectivity index (χ2v) is 8.18. The molecule has 1 fully saturated rings. The van der Waals surface area contributed by atoms with Gasteiger partial charge in [-0.15, -0.1) is 0 Å². The Kier molecular flexibility index (Phi) is 11.0. The van der Waals surface area contributed by atoms with Crippen molar-refractivity contribution in [3.05, 3.63) is 0 Å². The smallest absolute Gasteiger partial charge is 0.305 e. The Labute approximate surface area is 151 Å². The van der Waals surface area contributed by atoms with Crippen LogP contribution in [0.2, 0.25) is 0 Å². The quantitative estimate of drug-likeness (QED) is 0.257. The van der Waals surface area contributed by atoms with Crippen LogP contribution in [0.3, 0.4) is 0 Å². The van der Waals surface area contributed by atoms with Gasteiger partial charge < -0.3 is 15.4 Å². The zero-order valence-corrected chi connectivity index (χ0v) is 16.5. The van der Waals surface area contributed by atoms with Crippen molar-refractivity contribution >= 4 is 23.7 Å². The number of hydrogen-bond acceptors (Lipinski definition) is 4. The Bertz CT molecular complexity index is 382. The maximum absolute atomic E-state index is 11.2. The Morgan fingerprint density at radius 1 is 1.21 bits per heavy atom. The van der Waals surface area contributed by atoms with Crippen molar-refractivity contribution in [2.24, 2.45) is 4.99 Å². The van der Waals surface area contributed by atoms with Gasteiger partial charge in [0.25, 0.3) is 0 Å². The standard InChI is InChI=1S/C18H35N3O2S/c1-4-19-17(21-15-18(3)12-10-14-24-18)20-13-9-7-6-8-11-16(22)23-5-2/h4-15H2,1-3H3,(H2,19,20,21). The zero-order valence-electron chi connectivity index (χ0n) is 15.7. The van der Waals surface area contributed by atoms with Gasteiger partial charge in [-0.3, -0.25) is 9.79 Å². The highest BCUT2D eigenvalue weighted by atomic mass is 32.2. The van der Waals surface area contributed by atoms with Crippen LogP contribution in [0.5, 0.6) is 0 Å². The molecule has 140 valence electrons. The number of guanidine groups is 1. The lowest BCUT2D eigenvalue weighted by Crippen LogP contribution is -2.39. The Balaban J connectivity index is 2.14. The third-order valence-electron chi connectivity index (χ3n) is 4.12. The molecular formula is C18H35N3O2S. The number of rotatable bonds is 11. The predicted octanol–water partition coefficient (Wildman–Crippen LogP) is 3.34. The van der Waals surface area contributed by atoms with E-state index in [4.69, 9.17) is 9.73 Å². The minimum Gasteiger partial charge on any atom is -0.466 e. The lowest BCUT2D eigenvalue weighted by atomic mass is 10.1. The van der Waals surface area contributed by atoms with E-state index in [2.05, 4.69) is 24.5 Å². The van der Waals surface area contributed by atoms with Crippen molar-refractivity contribution in [1.29, 1.82) is 0 Å². The zero-order chi connectivity index (χ0) is 17.7. The van der Waals surface area contributed by atoms with E-state index in [0.29, 0.717) is 17.8 Å². The summed E-state index contributed by atoms with van der Waals surface area (Å²) in [5.74, 6) is 2.12. The summed E-state index contributed by atoms with van der Waals surface area (Å²) in [7, 11) is 0. The molecule has 6 heteroatoms. The number of carbonyl (C=O) groups is 1. The van der Waals surface area contributed by atoms with Gasteiger partial charge in [0.1, 0.15) is 0 Å². The van der Waals surface area contributed by atoms with Gasteiger partial charge in [0.15, 0.2) is 5.96 Å². The topological polar surface area (TPSA) is 62.7 Å². The summed E-state index contributed by atoms with van der Waals surface area (Å²) in [6.07, 6.45) is 7.33. The summed E-state index contributed by atoms with van der Waals surface area (Å²) >= 11 is 2.05. The molecular weight excluding hydrogens is 322 g/mol. The van der Waals surface area contributed by atoms with Crippen molar-refractivity contribution in [2.45, 2.75) is 70.5 Å². The summed E-state index contributed by atoms with van der Waals surface area (Å²) in [6, 6.07) is 0. The van der Waals surface area contributed by atoms with E-state index in [1.54, 1.807) is 0 Å². The number of aliphatic imine (C=N–C) groups is 1. The average molecular weight is 358 g/mol. The highest BCUT2D eigenvalue weighted by molar-refractivity contribution is 8.00. The summed E-state index contributed by atoms with van der Waals surface area (Å²) in [5, 5.41) is 6.74. The number of thioether (sulfide) groups is 1. The minimum atomic E-state index is -0.0736. The van der Waals surface area contributed by atoms with Crippen LogP contribution in [-0.4, -0.2) is 48.7 Å². The fraction of sp³-hybridized carbons (Fsp3) is 0.889. The maximum Gasteiger partial charge on any atom is 0.305 e. The molecule has 0 amide bonds. The molecule has 1 aliphatic rings. The highest BCUT2D eigenvalue weighted by Gasteiger charge is 2.29. The first kappa shape index (κ1) is 21.1. The molecule has 0 aromatic rings. The Hall–Kier alpha value is -0.910. The van der Waals surface area contributed by atoms with Crippen molar-refractivity contribution in [3.8, 4) is 0 Å². The van der Waals surface area contributed by atoms with Gasteiger partial charge in [-0.1, -0.05) is 12.8 Å². The average Bonchev–Trinajstić information content (AvgIpc) is 2.99. The maximum atomic E-state index is 11.2. The molecule has 1 unspecified atom stereocenters. The fourth-order valence-corrected chi connectivity index (χ4v) is 3.96. The molecule has 0 bridgehead atoms. The van der Waals surface area contributed by atoms with E-state index in [9.17, 15) is 4.79 Å². The van der Waals surface area contributed by atoms with Gasteiger partial charge in [0.05, 0.1) is 13.2 Å². The molecule has 5 nitrogen and oxygen atoms in total. The van der Waals surface area contributed by atoms with Crippen molar-refractivity contribution in [2.75, 3.05) is 32.0 Å². The van der Waals surface area contributed by atoms with Gasteiger partial charge >= 0.3 is 5.97 Å². The monoisotopic (exact) mass is 357 g/mol. The van der Waals surface area contributed by atoms with Crippen LogP contribution in [0.1, 0.15) is 65.7 Å². The molecule has 2 N–H and O–H groups in total. The lowest BCUT2D eigenvalue weighted by Gasteiger charge is -2.21. The van der Waals surface area contributed by atoms with Crippen LogP contribution in [0, 0.1) is 0 Å². The molecule has 0 radical (unpaired) electrons. The molecule has 1 heterocycles. The molecule has 0 aromatic heterocycles. The third-order valence-corrected chi connectivity index (χ3v) is 5.64. The molecule has 1 saturated heterocycles. The molecule has 0 aliphatic carbocycles. The second-order valence-electron chi connectivity index (χ2n) is 6.49. The predicted molar refractivity (Wildman–Crippen MR) is 104 cm³/mol. The van der Waals surface area contributed by atoms with E-state index in [0.717, 1.165) is 51.3 Å². The first-order valence-corrected chi connectivity index (χ1v) is 10.4. The molecule has 1 rings (SSSR count). The van der Waals surface area contributed by atoms with Gasteiger partial charge in [-0.05, 0) is 52.2 Å². The molecule has 0 aromatic carbocycles. The summed E-state index contributed by atoms with van der Waals surface area (Å²) in [5.41, 5.74) is 0. The lowest BCUT2D eigenvalue weighted by molar-refractivity contribution is -0.143. The number of unbranched alkanes of at least 4 members (excludes halogenated alkanes) is 3. The number of nitrogens with one attached hydrogen (secondary N) is 2. The fourth-order valence-electron chi connectivity index (χ4n) is 2.74. The Morgan fingerprint density at radius 2 is 2.00 bits per heavy atom. The molecule has 1 aliphatic heterocycles. The van der Waals surface area contributed by atoms with Crippen molar-refractivity contribution in [3.63, 3.8) is 0 Å². The number of nitrogens with zero attached hydrogens (tertiary/aromatic N) is 1. The minimum absolute atomic E-state index is 0.0736. The molecule has 24 heavy (non-hydrogen) atoms. The van der Waals surface area contributed by atoms with Crippen LogP contribution in [0.25, 0.3) is 0 Å². The van der Waals surface area contributed by atoms with E-state index in [-0.39, 0.29) is 5.97 Å². The normalized spacial score (nSPS) is 20.9. The van der Waals surface area contributed by atoms with Crippen LogP contribution in [0.15, 0.2) is 4.99 Å². The summed E-state index contributed by atoms with van der Waals surface area (Å²) < 4.78 is 5.24. The van der Waals surface area contributed by atoms with Gasteiger partial charge in [-0.2, -0.15) is 11.8 Å². The summed E-state index contributed by atoms with van der Waals surface area (Å²) in [6.45, 7) is 9.43. The van der Waals surface area contributed by atoms with Crippen LogP contribution in [0.4, 0.5) is 0 Å². The molecule has 0 saturated carbocycles.